The normalized spacial score (nSPS) is 14.0. The van der Waals surface area contributed by atoms with E-state index in [1.54, 1.807) is 4.90 Å². The summed E-state index contributed by atoms with van der Waals surface area (Å²) in [7, 11) is -8.69. The van der Waals surface area contributed by atoms with Gasteiger partial charge in [0.05, 0.1) is 12.2 Å². The van der Waals surface area contributed by atoms with Crippen LogP contribution < -0.4 is 0 Å². The molecule has 0 spiro atoms. The summed E-state index contributed by atoms with van der Waals surface area (Å²) in [6.07, 6.45) is 8.58. The molecule has 0 saturated carbocycles. The number of unbranched alkanes of at least 4 members (excludes halogenated alkanes) is 9. The zero-order chi connectivity index (χ0) is 22.3. The van der Waals surface area contributed by atoms with E-state index < -0.39 is 43.9 Å². The second kappa shape index (κ2) is 21.0. The molecule has 13 heteroatoms. The first kappa shape index (κ1) is 37.3. The van der Waals surface area contributed by atoms with E-state index >= 15 is 0 Å². The third kappa shape index (κ3) is 27.8. The first-order valence-electron chi connectivity index (χ1n) is 10.4. The molecule has 0 amide bonds. The quantitative estimate of drug-likeness (QED) is 0.114. The summed E-state index contributed by atoms with van der Waals surface area (Å²) < 4.78 is 61.2. The fraction of sp³-hybridized carbons (Fsp3) is 1.00. The number of rotatable bonds is 19. The Bertz CT molecular complexity index is 578. The summed E-state index contributed by atoms with van der Waals surface area (Å²) in [6.45, 7) is 2.34. The van der Waals surface area contributed by atoms with Crippen LogP contribution in [0, 0.1) is 0 Å². The minimum Gasteiger partial charge on any atom is -0.391 e. The molecular formula is C18H39NNa2O8S2. The van der Waals surface area contributed by atoms with E-state index in [-0.39, 0.29) is 72.2 Å². The predicted octanol–water partition coefficient (Wildman–Crippen LogP) is 0.945. The van der Waals surface area contributed by atoms with Crippen LogP contribution in [0.3, 0.4) is 0 Å². The fourth-order valence-corrected chi connectivity index (χ4v) is 4.45. The molecule has 2 unspecified atom stereocenters. The number of nitrogens with zero attached hydrogens (tertiary/aromatic N) is 1. The van der Waals surface area contributed by atoms with Crippen LogP contribution in [0.5, 0.6) is 0 Å². The third-order valence-electron chi connectivity index (χ3n) is 4.57. The topological polar surface area (TPSA) is 152 Å². The maximum Gasteiger partial charge on any atom is 0.267 e. The Morgan fingerprint density at radius 1 is 0.645 bits per heavy atom. The summed E-state index contributed by atoms with van der Waals surface area (Å²) in [5.74, 6) is -1.67. The SMILES string of the molecule is CCCCCCCCCCCCN(CC(O)CS(=O)(=O)O)CC(O)CS(=O)(=O)O.[Na].[Na]. The Morgan fingerprint density at radius 2 is 0.968 bits per heavy atom. The molecule has 0 aliphatic carbocycles. The van der Waals surface area contributed by atoms with Crippen molar-refractivity contribution in [3.05, 3.63) is 0 Å². The van der Waals surface area contributed by atoms with Gasteiger partial charge in [0.2, 0.25) is 0 Å². The van der Waals surface area contributed by atoms with Crippen molar-refractivity contribution in [3.63, 3.8) is 0 Å². The predicted molar refractivity (Wildman–Crippen MR) is 125 cm³/mol. The maximum atomic E-state index is 10.9. The van der Waals surface area contributed by atoms with Crippen molar-refractivity contribution in [2.24, 2.45) is 0 Å². The first-order valence-corrected chi connectivity index (χ1v) is 13.6. The molecule has 0 heterocycles. The van der Waals surface area contributed by atoms with E-state index in [4.69, 9.17) is 9.11 Å². The Hall–Kier alpha value is 1.70. The smallest absolute Gasteiger partial charge is 0.267 e. The molecule has 9 nitrogen and oxygen atoms in total. The second-order valence-electron chi connectivity index (χ2n) is 7.75. The minimum absolute atomic E-state index is 0. The molecule has 0 bridgehead atoms. The monoisotopic (exact) mass is 507 g/mol. The molecule has 2 radical (unpaired) electrons. The molecule has 0 rings (SSSR count). The molecule has 0 aliphatic rings. The van der Waals surface area contributed by atoms with Gasteiger partial charge in [-0.25, -0.2) is 0 Å². The third-order valence-corrected chi connectivity index (χ3v) is 6.18. The Balaban J connectivity index is -0.00000392. The molecule has 2 atom stereocenters. The number of hydrogen-bond donors (Lipinski definition) is 4. The van der Waals surface area contributed by atoms with Gasteiger partial charge >= 0.3 is 0 Å². The molecule has 0 saturated heterocycles. The van der Waals surface area contributed by atoms with Gasteiger partial charge in [-0.1, -0.05) is 64.7 Å². The summed E-state index contributed by atoms with van der Waals surface area (Å²) in [4.78, 5) is 1.55. The average Bonchev–Trinajstić information content (AvgIpc) is 2.52. The zero-order valence-corrected chi connectivity index (χ0v) is 25.1. The van der Waals surface area contributed by atoms with Gasteiger partial charge in [0, 0.05) is 72.2 Å². The van der Waals surface area contributed by atoms with Crippen molar-refractivity contribution < 1.29 is 36.2 Å². The summed E-state index contributed by atoms with van der Waals surface area (Å²) in [6, 6.07) is 0. The van der Waals surface area contributed by atoms with Crippen molar-refractivity contribution in [1.29, 1.82) is 0 Å². The van der Waals surface area contributed by atoms with E-state index in [2.05, 4.69) is 6.92 Å². The van der Waals surface area contributed by atoms with Crippen molar-refractivity contribution in [3.8, 4) is 0 Å². The summed E-state index contributed by atoms with van der Waals surface area (Å²) in [5, 5.41) is 19.7. The fourth-order valence-electron chi connectivity index (χ4n) is 3.27. The van der Waals surface area contributed by atoms with E-state index in [9.17, 15) is 27.0 Å². The van der Waals surface area contributed by atoms with Gasteiger partial charge in [-0.2, -0.15) is 16.8 Å². The van der Waals surface area contributed by atoms with Gasteiger partial charge in [-0.3, -0.25) is 14.0 Å². The van der Waals surface area contributed by atoms with Gasteiger partial charge in [0.1, 0.15) is 11.5 Å². The molecule has 0 aliphatic heterocycles. The summed E-state index contributed by atoms with van der Waals surface area (Å²) in [5.41, 5.74) is 0. The molecule has 178 valence electrons. The van der Waals surface area contributed by atoms with Gasteiger partial charge < -0.3 is 10.2 Å². The Labute approximate surface area is 232 Å². The standard InChI is InChI=1S/C18H39NO8S2.2Na/c1-2-3-4-5-6-7-8-9-10-11-12-19(13-17(20)15-28(22,23)24)14-18(21)16-29(25,26)27;;/h17-18,20-21H,2-16H2,1H3,(H,22,23,24)(H,25,26,27);;. The number of aliphatic hydroxyl groups excluding tert-OH is 2. The molecule has 4 N–H and O–H groups in total. The minimum atomic E-state index is -4.35. The van der Waals surface area contributed by atoms with Crippen LogP contribution in [-0.4, -0.2) is 144 Å². The molecule has 0 aromatic carbocycles. The first-order chi connectivity index (χ1) is 13.4. The van der Waals surface area contributed by atoms with Gasteiger partial charge in [-0.05, 0) is 13.0 Å². The van der Waals surface area contributed by atoms with E-state index in [0.717, 1.165) is 25.7 Å². The zero-order valence-electron chi connectivity index (χ0n) is 19.4. The molecule has 0 fully saturated rings. The number of aliphatic hydroxyl groups is 2. The van der Waals surface area contributed by atoms with Crippen LogP contribution in [-0.2, 0) is 20.2 Å². The maximum absolute atomic E-state index is 10.9. The van der Waals surface area contributed by atoms with E-state index in [1.807, 2.05) is 0 Å². The molecule has 0 aromatic heterocycles. The van der Waals surface area contributed by atoms with E-state index in [0.29, 0.717) is 6.54 Å². The van der Waals surface area contributed by atoms with Crippen LogP contribution in [0.25, 0.3) is 0 Å². The van der Waals surface area contributed by atoms with Crippen molar-refractivity contribution in [2.45, 2.75) is 83.3 Å². The van der Waals surface area contributed by atoms with Crippen LogP contribution in [0.2, 0.25) is 0 Å². The largest absolute Gasteiger partial charge is 0.391 e. The molecule has 31 heavy (non-hydrogen) atoms. The van der Waals surface area contributed by atoms with Gasteiger partial charge in [-0.15, -0.1) is 0 Å². The second-order valence-corrected chi connectivity index (χ2v) is 10.7. The van der Waals surface area contributed by atoms with Gasteiger partial charge in [0.15, 0.2) is 0 Å². The van der Waals surface area contributed by atoms with Crippen molar-refractivity contribution >= 4 is 79.4 Å². The Kier molecular flexibility index (Phi) is 25.3. The van der Waals surface area contributed by atoms with Crippen molar-refractivity contribution in [2.75, 3.05) is 31.1 Å². The van der Waals surface area contributed by atoms with Crippen LogP contribution in [0.1, 0.15) is 71.1 Å². The van der Waals surface area contributed by atoms with Crippen molar-refractivity contribution in [1.82, 2.24) is 4.90 Å². The molecule has 0 aromatic rings. The van der Waals surface area contributed by atoms with Gasteiger partial charge in [0.25, 0.3) is 20.2 Å². The Morgan fingerprint density at radius 3 is 1.29 bits per heavy atom. The van der Waals surface area contributed by atoms with Crippen LogP contribution >= 0.6 is 0 Å². The molecular weight excluding hydrogens is 468 g/mol. The number of hydrogen-bond acceptors (Lipinski definition) is 7. The summed E-state index contributed by atoms with van der Waals surface area (Å²) >= 11 is 0. The van der Waals surface area contributed by atoms with E-state index in [1.165, 1.54) is 38.5 Å². The van der Waals surface area contributed by atoms with Crippen LogP contribution in [0.15, 0.2) is 0 Å². The average molecular weight is 508 g/mol. The van der Waals surface area contributed by atoms with Crippen LogP contribution in [0.4, 0.5) is 0 Å².